The normalized spacial score (nSPS) is 13.9. The highest BCUT2D eigenvalue weighted by Gasteiger charge is 2.16. The molecule has 0 saturated heterocycles. The molecular formula is C12H16O4S. The molecule has 1 aliphatic heterocycles. The van der Waals surface area contributed by atoms with Gasteiger partial charge >= 0.3 is 0 Å². The second kappa shape index (κ2) is 4.96. The van der Waals surface area contributed by atoms with Gasteiger partial charge in [-0.05, 0) is 24.1 Å². The predicted molar refractivity (Wildman–Crippen MR) is 65.0 cm³/mol. The van der Waals surface area contributed by atoms with Crippen LogP contribution in [0.25, 0.3) is 0 Å². The van der Waals surface area contributed by atoms with E-state index < -0.39 is 9.84 Å². The van der Waals surface area contributed by atoms with Gasteiger partial charge in [-0.15, -0.1) is 0 Å². The van der Waals surface area contributed by atoms with Gasteiger partial charge in [-0.1, -0.05) is 19.4 Å². The fraction of sp³-hybridized carbons (Fsp3) is 0.500. The first-order valence-electron chi connectivity index (χ1n) is 5.69. The number of ether oxygens (including phenoxy) is 2. The molecule has 0 fully saturated rings. The highest BCUT2D eigenvalue weighted by atomic mass is 32.2. The van der Waals surface area contributed by atoms with Gasteiger partial charge in [-0.2, -0.15) is 0 Å². The number of hydrogen-bond donors (Lipinski definition) is 0. The Morgan fingerprint density at radius 3 is 2.76 bits per heavy atom. The Morgan fingerprint density at radius 1 is 1.24 bits per heavy atom. The van der Waals surface area contributed by atoms with Gasteiger partial charge in [-0.25, -0.2) is 8.42 Å². The molecule has 0 radical (unpaired) electrons. The Labute approximate surface area is 101 Å². The zero-order chi connectivity index (χ0) is 12.3. The molecule has 4 nitrogen and oxygen atoms in total. The number of benzene rings is 1. The van der Waals surface area contributed by atoms with E-state index in [4.69, 9.17) is 9.47 Å². The van der Waals surface area contributed by atoms with Crippen molar-refractivity contribution in [1.82, 2.24) is 0 Å². The molecule has 1 aliphatic rings. The van der Waals surface area contributed by atoms with Crippen LogP contribution in [-0.4, -0.2) is 21.0 Å². The molecule has 0 aromatic heterocycles. The average molecular weight is 256 g/mol. The highest BCUT2D eigenvalue weighted by molar-refractivity contribution is 7.90. The zero-order valence-corrected chi connectivity index (χ0v) is 10.6. The smallest absolute Gasteiger partial charge is 0.231 e. The van der Waals surface area contributed by atoms with E-state index >= 15 is 0 Å². The van der Waals surface area contributed by atoms with Crippen molar-refractivity contribution in [2.75, 3.05) is 12.5 Å². The van der Waals surface area contributed by atoms with Crippen molar-refractivity contribution in [3.8, 4) is 11.5 Å². The van der Waals surface area contributed by atoms with Gasteiger partial charge in [0.05, 0.1) is 11.5 Å². The second-order valence-electron chi connectivity index (χ2n) is 4.13. The van der Waals surface area contributed by atoms with Crippen molar-refractivity contribution < 1.29 is 17.9 Å². The molecule has 17 heavy (non-hydrogen) atoms. The lowest BCUT2D eigenvalue weighted by molar-refractivity contribution is 0.174. The summed E-state index contributed by atoms with van der Waals surface area (Å²) < 4.78 is 34.0. The van der Waals surface area contributed by atoms with E-state index in [0.717, 1.165) is 12.0 Å². The molecule has 0 N–H and O–H groups in total. The molecule has 0 bridgehead atoms. The third kappa shape index (κ3) is 3.12. The minimum atomic E-state index is -3.01. The van der Waals surface area contributed by atoms with E-state index in [9.17, 15) is 8.42 Å². The molecule has 0 unspecified atom stereocenters. The van der Waals surface area contributed by atoms with Gasteiger partial charge in [0.1, 0.15) is 0 Å². The third-order valence-corrected chi connectivity index (χ3v) is 4.32. The van der Waals surface area contributed by atoms with Crippen molar-refractivity contribution in [2.24, 2.45) is 0 Å². The summed E-state index contributed by atoms with van der Waals surface area (Å²) in [5.41, 5.74) is 0.755. The number of unbranched alkanes of at least 4 members (excludes halogenated alkanes) is 1. The summed E-state index contributed by atoms with van der Waals surface area (Å²) in [7, 11) is -3.01. The second-order valence-corrected chi connectivity index (χ2v) is 6.32. The Bertz CT molecular complexity index is 493. The first-order chi connectivity index (χ1) is 8.11. The van der Waals surface area contributed by atoms with Crippen LogP contribution in [0.15, 0.2) is 18.2 Å². The van der Waals surface area contributed by atoms with Crippen LogP contribution in [0.1, 0.15) is 25.3 Å². The summed E-state index contributed by atoms with van der Waals surface area (Å²) >= 11 is 0. The van der Waals surface area contributed by atoms with E-state index in [-0.39, 0.29) is 18.3 Å². The molecular weight excluding hydrogens is 240 g/mol. The first kappa shape index (κ1) is 12.2. The number of rotatable bonds is 5. The summed E-state index contributed by atoms with van der Waals surface area (Å²) in [5.74, 6) is 1.63. The molecule has 0 aliphatic carbocycles. The van der Waals surface area contributed by atoms with Crippen LogP contribution in [0.4, 0.5) is 0 Å². The van der Waals surface area contributed by atoms with Crippen LogP contribution in [-0.2, 0) is 15.6 Å². The Hall–Kier alpha value is -1.23. The molecule has 5 heteroatoms. The monoisotopic (exact) mass is 256 g/mol. The summed E-state index contributed by atoms with van der Waals surface area (Å²) in [5, 5.41) is 0. The molecule has 0 spiro atoms. The van der Waals surface area contributed by atoms with Crippen LogP contribution in [0.2, 0.25) is 0 Å². The lowest BCUT2D eigenvalue weighted by Gasteiger charge is -2.04. The summed E-state index contributed by atoms with van der Waals surface area (Å²) in [6.07, 6.45) is 1.60. The van der Waals surface area contributed by atoms with Crippen LogP contribution in [0.3, 0.4) is 0 Å². The van der Waals surface area contributed by atoms with E-state index in [1.54, 1.807) is 18.2 Å². The van der Waals surface area contributed by atoms with E-state index in [1.165, 1.54) is 0 Å². The molecule has 2 rings (SSSR count). The van der Waals surface area contributed by atoms with E-state index in [0.29, 0.717) is 17.9 Å². The maximum Gasteiger partial charge on any atom is 0.231 e. The maximum atomic E-state index is 11.8. The summed E-state index contributed by atoms with van der Waals surface area (Å²) in [6.45, 7) is 2.19. The van der Waals surface area contributed by atoms with Gasteiger partial charge < -0.3 is 9.47 Å². The van der Waals surface area contributed by atoms with Gasteiger partial charge in [0.2, 0.25) is 6.79 Å². The number of hydrogen-bond acceptors (Lipinski definition) is 4. The zero-order valence-electron chi connectivity index (χ0n) is 9.81. The van der Waals surface area contributed by atoms with Gasteiger partial charge in [0, 0.05) is 0 Å². The largest absolute Gasteiger partial charge is 0.454 e. The van der Waals surface area contributed by atoms with Crippen LogP contribution in [0.5, 0.6) is 11.5 Å². The number of sulfone groups is 1. The minimum Gasteiger partial charge on any atom is -0.454 e. The lowest BCUT2D eigenvalue weighted by Crippen LogP contribution is -2.09. The van der Waals surface area contributed by atoms with Crippen molar-refractivity contribution in [3.63, 3.8) is 0 Å². The molecule has 0 amide bonds. The Morgan fingerprint density at radius 2 is 2.00 bits per heavy atom. The van der Waals surface area contributed by atoms with Crippen LogP contribution < -0.4 is 9.47 Å². The molecule has 1 heterocycles. The minimum absolute atomic E-state index is 0.0731. The topological polar surface area (TPSA) is 52.6 Å². The number of fused-ring (bicyclic) bond motifs is 1. The summed E-state index contributed by atoms with van der Waals surface area (Å²) in [4.78, 5) is 0. The van der Waals surface area contributed by atoms with Gasteiger partial charge in [0.25, 0.3) is 0 Å². The fourth-order valence-corrected chi connectivity index (χ4v) is 3.28. The van der Waals surface area contributed by atoms with Gasteiger partial charge in [-0.3, -0.25) is 0 Å². The highest BCUT2D eigenvalue weighted by Crippen LogP contribution is 2.32. The quantitative estimate of drug-likeness (QED) is 0.810. The van der Waals surface area contributed by atoms with Crippen molar-refractivity contribution in [2.45, 2.75) is 25.5 Å². The van der Waals surface area contributed by atoms with Crippen molar-refractivity contribution in [3.05, 3.63) is 23.8 Å². The molecule has 1 aromatic carbocycles. The van der Waals surface area contributed by atoms with Crippen molar-refractivity contribution >= 4 is 9.84 Å². The average Bonchev–Trinajstić information content (AvgIpc) is 2.73. The summed E-state index contributed by atoms with van der Waals surface area (Å²) in [6, 6.07) is 5.27. The van der Waals surface area contributed by atoms with Crippen LogP contribution in [0, 0.1) is 0 Å². The predicted octanol–water partition coefficient (Wildman–Crippen LogP) is 2.13. The molecule has 0 atom stereocenters. The SMILES string of the molecule is CCCCS(=O)(=O)Cc1ccc2c(c1)OCO2. The standard InChI is InChI=1S/C12H16O4S/c1-2-3-6-17(13,14)8-10-4-5-11-12(7-10)16-9-15-11/h4-5,7H,2-3,6,8-9H2,1H3. The third-order valence-electron chi connectivity index (χ3n) is 2.63. The van der Waals surface area contributed by atoms with E-state index in [2.05, 4.69) is 0 Å². The Kier molecular flexibility index (Phi) is 3.57. The Balaban J connectivity index is 2.09. The lowest BCUT2D eigenvalue weighted by atomic mass is 10.2. The van der Waals surface area contributed by atoms with Crippen molar-refractivity contribution in [1.29, 1.82) is 0 Å². The first-order valence-corrected chi connectivity index (χ1v) is 7.52. The van der Waals surface area contributed by atoms with E-state index in [1.807, 2.05) is 6.92 Å². The van der Waals surface area contributed by atoms with Gasteiger partial charge in [0.15, 0.2) is 21.3 Å². The molecule has 1 aromatic rings. The molecule has 0 saturated carbocycles. The fourth-order valence-electron chi connectivity index (χ4n) is 1.72. The molecule has 94 valence electrons. The maximum absolute atomic E-state index is 11.8. The van der Waals surface area contributed by atoms with Crippen LogP contribution >= 0.6 is 0 Å².